The van der Waals surface area contributed by atoms with Gasteiger partial charge < -0.3 is 20.1 Å². The molecule has 1 aromatic carbocycles. The fraction of sp³-hybridized carbons (Fsp3) is 0.286. The summed E-state index contributed by atoms with van der Waals surface area (Å²) in [5, 5.41) is 6.86. The Kier molecular flexibility index (Phi) is 8.47. The minimum absolute atomic E-state index is 0.245. The van der Waals surface area contributed by atoms with Gasteiger partial charge in [0.25, 0.3) is 0 Å². The summed E-state index contributed by atoms with van der Waals surface area (Å²) >= 11 is 1.45. The number of thiazole rings is 1. The molecule has 0 fully saturated rings. The number of alkyl carbamates (subject to hydrolysis) is 1. The summed E-state index contributed by atoms with van der Waals surface area (Å²) in [5.41, 5.74) is 2.31. The maximum absolute atomic E-state index is 12.6. The van der Waals surface area contributed by atoms with Crippen LogP contribution < -0.4 is 10.6 Å². The second kappa shape index (κ2) is 11.9. The average Bonchev–Trinajstić information content (AvgIpc) is 3.34. The highest BCUT2D eigenvalue weighted by atomic mass is 32.1. The molecule has 0 aliphatic carbocycles. The van der Waals surface area contributed by atoms with E-state index in [0.717, 1.165) is 27.5 Å². The van der Waals surface area contributed by atoms with Crippen LogP contribution >= 0.6 is 11.3 Å². The number of benzene rings is 1. The van der Waals surface area contributed by atoms with Gasteiger partial charge in [0.05, 0.1) is 23.8 Å². The minimum Gasteiger partial charge on any atom is -0.444 e. The molecule has 0 saturated carbocycles. The van der Waals surface area contributed by atoms with Crippen molar-refractivity contribution < 1.29 is 14.3 Å². The Balaban J connectivity index is 1.49. The van der Waals surface area contributed by atoms with E-state index < -0.39 is 17.7 Å². The standard InChI is InChI=1S/C28H31N5O3S/c1-19-13-14-29-25(15-19)33-24-12-8-11-21(31-24)23-16-30-26(37-23)22(32-27(34)36-28(2,3)4)18-35-17-20-9-6-5-7-10-20/h5-16,22H,17-18H2,1-4H3,(H,32,34)(H,29,31,33)/t22-/m0/s1. The highest BCUT2D eigenvalue weighted by molar-refractivity contribution is 7.15. The van der Waals surface area contributed by atoms with E-state index >= 15 is 0 Å². The van der Waals surface area contributed by atoms with Crippen molar-refractivity contribution in [3.05, 3.63) is 89.2 Å². The van der Waals surface area contributed by atoms with E-state index in [1.807, 2.05) is 88.4 Å². The maximum atomic E-state index is 12.6. The summed E-state index contributed by atoms with van der Waals surface area (Å²) < 4.78 is 11.4. The number of rotatable bonds is 9. The van der Waals surface area contributed by atoms with Gasteiger partial charge in [0.2, 0.25) is 0 Å². The number of aryl methyl sites for hydroxylation is 1. The van der Waals surface area contributed by atoms with Crippen molar-refractivity contribution in [1.29, 1.82) is 0 Å². The van der Waals surface area contributed by atoms with Gasteiger partial charge >= 0.3 is 6.09 Å². The lowest BCUT2D eigenvalue weighted by molar-refractivity contribution is 0.0427. The van der Waals surface area contributed by atoms with Crippen LogP contribution in [0.3, 0.4) is 0 Å². The van der Waals surface area contributed by atoms with Gasteiger partial charge in [-0.1, -0.05) is 36.4 Å². The molecule has 0 unspecified atom stereocenters. The fourth-order valence-corrected chi connectivity index (χ4v) is 4.36. The van der Waals surface area contributed by atoms with E-state index in [-0.39, 0.29) is 6.61 Å². The molecule has 3 heterocycles. The summed E-state index contributed by atoms with van der Waals surface area (Å²) in [6, 6.07) is 19.1. The maximum Gasteiger partial charge on any atom is 0.408 e. The molecule has 4 rings (SSSR count). The van der Waals surface area contributed by atoms with Crippen LogP contribution in [-0.2, 0) is 16.1 Å². The number of aromatic nitrogens is 3. The van der Waals surface area contributed by atoms with Crippen molar-refractivity contribution in [2.45, 2.75) is 45.9 Å². The molecule has 192 valence electrons. The smallest absolute Gasteiger partial charge is 0.408 e. The number of ether oxygens (including phenoxy) is 2. The van der Waals surface area contributed by atoms with Crippen LogP contribution in [0.15, 0.2) is 73.1 Å². The Labute approximate surface area is 221 Å². The van der Waals surface area contributed by atoms with Gasteiger partial charge in [0, 0.05) is 12.4 Å². The van der Waals surface area contributed by atoms with Crippen LogP contribution in [0.5, 0.6) is 0 Å². The number of carbonyl (C=O) groups is 1. The van der Waals surface area contributed by atoms with Crippen molar-refractivity contribution in [2.75, 3.05) is 11.9 Å². The number of hydrogen-bond donors (Lipinski definition) is 2. The molecular weight excluding hydrogens is 486 g/mol. The van der Waals surface area contributed by atoms with Gasteiger partial charge in [-0.3, -0.25) is 0 Å². The molecule has 0 saturated heterocycles. The zero-order valence-electron chi connectivity index (χ0n) is 21.4. The van der Waals surface area contributed by atoms with Crippen LogP contribution in [0, 0.1) is 6.92 Å². The van der Waals surface area contributed by atoms with E-state index in [9.17, 15) is 4.79 Å². The SMILES string of the molecule is Cc1ccnc(Nc2cccc(-c3cnc([C@H](COCc4ccccc4)NC(=O)OC(C)(C)C)s3)n2)c1. The number of nitrogens with zero attached hydrogens (tertiary/aromatic N) is 3. The molecule has 4 aromatic rings. The number of amides is 1. The first-order chi connectivity index (χ1) is 17.7. The summed E-state index contributed by atoms with van der Waals surface area (Å²) in [4.78, 5) is 27.1. The normalized spacial score (nSPS) is 12.1. The Hall–Kier alpha value is -3.82. The van der Waals surface area contributed by atoms with Crippen molar-refractivity contribution in [3.63, 3.8) is 0 Å². The first kappa shape index (κ1) is 26.2. The Morgan fingerprint density at radius 1 is 1.03 bits per heavy atom. The van der Waals surface area contributed by atoms with Crippen LogP contribution in [-0.4, -0.2) is 33.3 Å². The molecule has 37 heavy (non-hydrogen) atoms. The number of anilines is 2. The van der Waals surface area contributed by atoms with Crippen LogP contribution in [0.1, 0.15) is 42.9 Å². The van der Waals surface area contributed by atoms with Crippen molar-refractivity contribution in [1.82, 2.24) is 20.3 Å². The Morgan fingerprint density at radius 2 is 1.84 bits per heavy atom. The Morgan fingerprint density at radius 3 is 2.59 bits per heavy atom. The van der Waals surface area contributed by atoms with E-state index in [0.29, 0.717) is 17.4 Å². The quantitative estimate of drug-likeness (QED) is 0.264. The second-order valence-corrected chi connectivity index (χ2v) is 10.6. The van der Waals surface area contributed by atoms with Crippen LogP contribution in [0.4, 0.5) is 16.4 Å². The molecule has 9 heteroatoms. The Bertz CT molecular complexity index is 1320. The lowest BCUT2D eigenvalue weighted by Crippen LogP contribution is -2.36. The molecule has 0 bridgehead atoms. The second-order valence-electron chi connectivity index (χ2n) is 9.51. The van der Waals surface area contributed by atoms with Gasteiger partial charge in [-0.25, -0.2) is 19.7 Å². The first-order valence-electron chi connectivity index (χ1n) is 12.0. The molecule has 1 atom stereocenters. The van der Waals surface area contributed by atoms with E-state index in [1.165, 1.54) is 11.3 Å². The van der Waals surface area contributed by atoms with Crippen molar-refractivity contribution in [3.8, 4) is 10.6 Å². The zero-order chi connectivity index (χ0) is 26.3. The van der Waals surface area contributed by atoms with Crippen molar-refractivity contribution >= 4 is 29.1 Å². The summed E-state index contributed by atoms with van der Waals surface area (Å²) in [6.45, 7) is 8.17. The van der Waals surface area contributed by atoms with Gasteiger partial charge in [0.1, 0.15) is 28.3 Å². The molecule has 0 spiro atoms. The number of pyridine rings is 2. The predicted molar refractivity (Wildman–Crippen MR) is 146 cm³/mol. The molecule has 8 nitrogen and oxygen atoms in total. The summed E-state index contributed by atoms with van der Waals surface area (Å²) in [7, 11) is 0. The van der Waals surface area contributed by atoms with E-state index in [4.69, 9.17) is 14.5 Å². The third-order valence-electron chi connectivity index (χ3n) is 5.08. The van der Waals surface area contributed by atoms with E-state index in [2.05, 4.69) is 20.6 Å². The topological polar surface area (TPSA) is 98.3 Å². The minimum atomic E-state index is -0.614. The predicted octanol–water partition coefficient (Wildman–Crippen LogP) is 6.43. The molecule has 0 aliphatic heterocycles. The lowest BCUT2D eigenvalue weighted by atomic mass is 10.2. The summed E-state index contributed by atoms with van der Waals surface area (Å²) in [6.07, 6.45) is 3.00. The number of hydrogen-bond acceptors (Lipinski definition) is 8. The fourth-order valence-electron chi connectivity index (χ4n) is 3.44. The molecule has 0 aliphatic rings. The monoisotopic (exact) mass is 517 g/mol. The molecular formula is C28H31N5O3S. The lowest BCUT2D eigenvalue weighted by Gasteiger charge is -2.22. The van der Waals surface area contributed by atoms with Gasteiger partial charge in [-0.2, -0.15) is 0 Å². The molecule has 1 amide bonds. The molecule has 2 N–H and O–H groups in total. The van der Waals surface area contributed by atoms with Crippen molar-refractivity contribution in [2.24, 2.45) is 0 Å². The third-order valence-corrected chi connectivity index (χ3v) is 6.22. The first-order valence-corrected chi connectivity index (χ1v) is 12.8. The third kappa shape index (κ3) is 8.09. The van der Waals surface area contributed by atoms with E-state index in [1.54, 1.807) is 12.4 Å². The largest absolute Gasteiger partial charge is 0.444 e. The summed E-state index contributed by atoms with van der Waals surface area (Å²) in [5.74, 6) is 1.41. The highest BCUT2D eigenvalue weighted by Gasteiger charge is 2.23. The van der Waals surface area contributed by atoms with Gasteiger partial charge in [-0.15, -0.1) is 11.3 Å². The molecule has 3 aromatic heterocycles. The van der Waals surface area contributed by atoms with Crippen LogP contribution in [0.2, 0.25) is 0 Å². The van der Waals surface area contributed by atoms with Gasteiger partial charge in [-0.05, 0) is 63.1 Å². The molecule has 0 radical (unpaired) electrons. The highest BCUT2D eigenvalue weighted by Crippen LogP contribution is 2.30. The number of nitrogens with one attached hydrogen (secondary N) is 2. The van der Waals surface area contributed by atoms with Gasteiger partial charge in [0.15, 0.2) is 0 Å². The number of carbonyl (C=O) groups excluding carboxylic acids is 1. The van der Waals surface area contributed by atoms with Crippen LogP contribution in [0.25, 0.3) is 10.6 Å². The average molecular weight is 518 g/mol. The zero-order valence-corrected chi connectivity index (χ0v) is 22.2.